The first-order chi connectivity index (χ1) is 10.2. The van der Waals surface area contributed by atoms with Gasteiger partial charge in [0.25, 0.3) is 0 Å². The SMILES string of the molecule is CNC(C#N)(CCSc1ccc(Br)cn1)c1ccccc1. The molecule has 5 heteroatoms. The Bertz CT molecular complexity index is 610. The van der Waals surface area contributed by atoms with Crippen LogP contribution in [-0.4, -0.2) is 17.8 Å². The molecule has 1 heterocycles. The standard InChI is InChI=1S/C16H16BrN3S/c1-19-16(12-18,13-5-3-2-4-6-13)9-10-21-15-8-7-14(17)11-20-15/h2-8,11,19H,9-10H2,1H3. The summed E-state index contributed by atoms with van der Waals surface area (Å²) in [5.74, 6) is 0.817. The summed E-state index contributed by atoms with van der Waals surface area (Å²) < 4.78 is 0.970. The van der Waals surface area contributed by atoms with E-state index in [1.165, 1.54) is 0 Å². The van der Waals surface area contributed by atoms with Gasteiger partial charge in [0.2, 0.25) is 0 Å². The van der Waals surface area contributed by atoms with Gasteiger partial charge < -0.3 is 0 Å². The summed E-state index contributed by atoms with van der Waals surface area (Å²) in [6, 6.07) is 16.2. The van der Waals surface area contributed by atoms with Gasteiger partial charge in [-0.2, -0.15) is 5.26 Å². The molecule has 2 rings (SSSR count). The Balaban J connectivity index is 2.04. The van der Waals surface area contributed by atoms with E-state index in [1.54, 1.807) is 18.0 Å². The molecule has 3 nitrogen and oxygen atoms in total. The maximum Gasteiger partial charge on any atom is 0.132 e. The van der Waals surface area contributed by atoms with Crippen molar-refractivity contribution < 1.29 is 0 Å². The number of pyridine rings is 1. The summed E-state index contributed by atoms with van der Waals surface area (Å²) in [5, 5.41) is 13.8. The highest BCUT2D eigenvalue weighted by atomic mass is 79.9. The van der Waals surface area contributed by atoms with Crippen LogP contribution in [0.15, 0.2) is 58.2 Å². The van der Waals surface area contributed by atoms with Gasteiger partial charge in [0.1, 0.15) is 5.54 Å². The van der Waals surface area contributed by atoms with E-state index >= 15 is 0 Å². The zero-order valence-corrected chi connectivity index (χ0v) is 14.1. The fourth-order valence-electron chi connectivity index (χ4n) is 2.07. The molecule has 1 N–H and O–H groups in total. The van der Waals surface area contributed by atoms with Crippen molar-refractivity contribution >= 4 is 27.7 Å². The Kier molecular flexibility index (Phi) is 5.80. The number of aromatic nitrogens is 1. The summed E-state index contributed by atoms with van der Waals surface area (Å²) in [4.78, 5) is 4.34. The second kappa shape index (κ2) is 7.60. The number of thioether (sulfide) groups is 1. The topological polar surface area (TPSA) is 48.7 Å². The molecule has 0 bridgehead atoms. The highest BCUT2D eigenvalue weighted by molar-refractivity contribution is 9.10. The van der Waals surface area contributed by atoms with Crippen molar-refractivity contribution in [3.05, 3.63) is 58.7 Å². The van der Waals surface area contributed by atoms with E-state index in [0.717, 1.165) is 20.8 Å². The first-order valence-corrected chi connectivity index (χ1v) is 8.38. The van der Waals surface area contributed by atoms with E-state index in [0.29, 0.717) is 6.42 Å². The van der Waals surface area contributed by atoms with Crippen molar-refractivity contribution in [2.45, 2.75) is 17.0 Å². The normalized spacial score (nSPS) is 13.4. The summed E-state index contributed by atoms with van der Waals surface area (Å²) in [5.41, 5.74) is 0.350. The molecular weight excluding hydrogens is 346 g/mol. The van der Waals surface area contributed by atoms with Gasteiger partial charge in [-0.05, 0) is 47.1 Å². The van der Waals surface area contributed by atoms with E-state index < -0.39 is 5.54 Å². The van der Waals surface area contributed by atoms with Gasteiger partial charge in [-0.15, -0.1) is 11.8 Å². The molecule has 1 aromatic heterocycles. The van der Waals surface area contributed by atoms with Gasteiger partial charge in [-0.1, -0.05) is 30.3 Å². The van der Waals surface area contributed by atoms with E-state index in [9.17, 15) is 5.26 Å². The summed E-state index contributed by atoms with van der Waals surface area (Å²) in [7, 11) is 1.83. The fraction of sp³-hybridized carbons (Fsp3) is 0.250. The number of nitrogens with zero attached hydrogens (tertiary/aromatic N) is 2. The van der Waals surface area contributed by atoms with Crippen LogP contribution in [-0.2, 0) is 5.54 Å². The lowest BCUT2D eigenvalue weighted by Crippen LogP contribution is -2.39. The predicted octanol–water partition coefficient (Wildman–Crippen LogP) is 3.96. The van der Waals surface area contributed by atoms with Gasteiger partial charge in [-0.3, -0.25) is 5.32 Å². The van der Waals surface area contributed by atoms with Crippen LogP contribution >= 0.6 is 27.7 Å². The lowest BCUT2D eigenvalue weighted by Gasteiger charge is -2.26. The summed E-state index contributed by atoms with van der Waals surface area (Å²) >= 11 is 5.03. The third kappa shape index (κ3) is 4.07. The molecular formula is C16H16BrN3S. The average Bonchev–Trinajstić information content (AvgIpc) is 2.55. The minimum absolute atomic E-state index is 0.649. The molecule has 0 aliphatic carbocycles. The summed E-state index contributed by atoms with van der Waals surface area (Å²) in [6.07, 6.45) is 2.50. The maximum atomic E-state index is 9.62. The fourth-order valence-corrected chi connectivity index (χ4v) is 3.21. The number of hydrogen-bond acceptors (Lipinski definition) is 4. The molecule has 0 fully saturated rings. The molecule has 2 aromatic rings. The third-order valence-corrected chi connectivity index (χ3v) is 4.73. The molecule has 0 aliphatic heterocycles. The van der Waals surface area contributed by atoms with Crippen molar-refractivity contribution in [2.75, 3.05) is 12.8 Å². The molecule has 1 aromatic carbocycles. The average molecular weight is 362 g/mol. The number of nitrogens with one attached hydrogen (secondary N) is 1. The van der Waals surface area contributed by atoms with Gasteiger partial charge >= 0.3 is 0 Å². The molecule has 1 unspecified atom stereocenters. The molecule has 108 valence electrons. The van der Waals surface area contributed by atoms with Crippen molar-refractivity contribution in [3.63, 3.8) is 0 Å². The Morgan fingerprint density at radius 3 is 2.62 bits per heavy atom. The molecule has 0 aliphatic rings. The van der Waals surface area contributed by atoms with E-state index in [1.807, 2.05) is 49.5 Å². The Hall–Kier alpha value is -1.35. The first-order valence-electron chi connectivity index (χ1n) is 6.60. The molecule has 0 saturated heterocycles. The highest BCUT2D eigenvalue weighted by Gasteiger charge is 2.29. The van der Waals surface area contributed by atoms with E-state index in [2.05, 4.69) is 32.3 Å². The van der Waals surface area contributed by atoms with Crippen LogP contribution in [0.3, 0.4) is 0 Å². The first kappa shape index (κ1) is 16.0. The van der Waals surface area contributed by atoms with E-state index in [4.69, 9.17) is 0 Å². The molecule has 0 saturated carbocycles. The molecule has 1 atom stereocenters. The summed E-state index contributed by atoms with van der Waals surface area (Å²) in [6.45, 7) is 0. The van der Waals surface area contributed by atoms with Crippen molar-refractivity contribution in [1.29, 1.82) is 5.26 Å². The molecule has 21 heavy (non-hydrogen) atoms. The number of rotatable bonds is 6. The highest BCUT2D eigenvalue weighted by Crippen LogP contribution is 2.28. The van der Waals surface area contributed by atoms with Crippen LogP contribution in [0.4, 0.5) is 0 Å². The van der Waals surface area contributed by atoms with Crippen molar-refractivity contribution in [3.8, 4) is 6.07 Å². The minimum atomic E-state index is -0.649. The zero-order valence-electron chi connectivity index (χ0n) is 11.7. The number of nitriles is 1. The minimum Gasteiger partial charge on any atom is -0.299 e. The number of halogens is 1. The second-order valence-corrected chi connectivity index (χ2v) is 6.58. The number of benzene rings is 1. The van der Waals surface area contributed by atoms with Crippen LogP contribution < -0.4 is 5.32 Å². The third-order valence-electron chi connectivity index (χ3n) is 3.31. The second-order valence-electron chi connectivity index (χ2n) is 4.55. The zero-order chi connectivity index (χ0) is 15.1. The van der Waals surface area contributed by atoms with Crippen LogP contribution in [0.5, 0.6) is 0 Å². The van der Waals surface area contributed by atoms with Gasteiger partial charge in [0.05, 0.1) is 11.1 Å². The predicted molar refractivity (Wildman–Crippen MR) is 90.1 cm³/mol. The lowest BCUT2D eigenvalue weighted by molar-refractivity contribution is 0.457. The van der Waals surface area contributed by atoms with Gasteiger partial charge in [0.15, 0.2) is 0 Å². The number of hydrogen-bond donors (Lipinski definition) is 1. The van der Waals surface area contributed by atoms with Crippen LogP contribution in [0.25, 0.3) is 0 Å². The van der Waals surface area contributed by atoms with Gasteiger partial charge in [0, 0.05) is 16.4 Å². The largest absolute Gasteiger partial charge is 0.299 e. The van der Waals surface area contributed by atoms with Gasteiger partial charge in [-0.25, -0.2) is 4.98 Å². The Morgan fingerprint density at radius 1 is 1.29 bits per heavy atom. The van der Waals surface area contributed by atoms with Crippen LogP contribution in [0.1, 0.15) is 12.0 Å². The maximum absolute atomic E-state index is 9.62. The van der Waals surface area contributed by atoms with Crippen LogP contribution in [0.2, 0.25) is 0 Å². The van der Waals surface area contributed by atoms with Crippen LogP contribution in [0, 0.1) is 11.3 Å². The van der Waals surface area contributed by atoms with Crippen molar-refractivity contribution in [2.24, 2.45) is 0 Å². The van der Waals surface area contributed by atoms with Crippen molar-refractivity contribution in [1.82, 2.24) is 10.3 Å². The quantitative estimate of drug-likeness (QED) is 0.790. The molecule has 0 spiro atoms. The smallest absolute Gasteiger partial charge is 0.132 e. The lowest BCUT2D eigenvalue weighted by atomic mass is 9.89. The Labute approximate surface area is 137 Å². The molecule has 0 radical (unpaired) electrons. The monoisotopic (exact) mass is 361 g/mol. The Morgan fingerprint density at radius 2 is 2.05 bits per heavy atom. The molecule has 0 amide bonds. The van der Waals surface area contributed by atoms with E-state index in [-0.39, 0.29) is 0 Å².